The van der Waals surface area contributed by atoms with Gasteiger partial charge in [-0.15, -0.1) is 0 Å². The second-order valence-corrected chi connectivity index (χ2v) is 5.54. The summed E-state index contributed by atoms with van der Waals surface area (Å²) >= 11 is 5.61. The number of nitrogens with zero attached hydrogens (tertiary/aromatic N) is 2. The lowest BCUT2D eigenvalue weighted by Gasteiger charge is -2.10. The molecule has 1 aromatic carbocycles. The summed E-state index contributed by atoms with van der Waals surface area (Å²) in [7, 11) is 0. The number of benzene rings is 1. The van der Waals surface area contributed by atoms with E-state index in [0.717, 1.165) is 18.1 Å². The van der Waals surface area contributed by atoms with E-state index in [0.29, 0.717) is 11.5 Å². The molecule has 21 heavy (non-hydrogen) atoms. The third-order valence-corrected chi connectivity index (χ3v) is 3.03. The van der Waals surface area contributed by atoms with Crippen LogP contribution in [0.15, 0.2) is 30.3 Å². The SMILES string of the molecule is CC(C)Cc1cccc(-c2cc(C(F)(F)F)nc(Cl)n2)c1. The molecule has 0 aliphatic heterocycles. The first-order valence-electron chi connectivity index (χ1n) is 6.47. The predicted molar refractivity (Wildman–Crippen MR) is 76.0 cm³/mol. The van der Waals surface area contributed by atoms with Gasteiger partial charge in [0.15, 0.2) is 0 Å². The molecule has 2 aromatic rings. The Hall–Kier alpha value is -1.62. The van der Waals surface area contributed by atoms with E-state index in [4.69, 9.17) is 11.6 Å². The monoisotopic (exact) mass is 314 g/mol. The minimum atomic E-state index is -4.54. The van der Waals surface area contributed by atoms with Gasteiger partial charge in [-0.05, 0) is 41.6 Å². The van der Waals surface area contributed by atoms with Gasteiger partial charge < -0.3 is 0 Å². The minimum Gasteiger partial charge on any atom is -0.218 e. The van der Waals surface area contributed by atoms with E-state index in [-0.39, 0.29) is 5.69 Å². The van der Waals surface area contributed by atoms with Crippen molar-refractivity contribution < 1.29 is 13.2 Å². The Labute approximate surface area is 126 Å². The van der Waals surface area contributed by atoms with Crippen LogP contribution in [0.2, 0.25) is 5.28 Å². The number of rotatable bonds is 3. The van der Waals surface area contributed by atoms with Crippen LogP contribution in [0.5, 0.6) is 0 Å². The fourth-order valence-corrected chi connectivity index (χ4v) is 2.22. The van der Waals surface area contributed by atoms with Crippen molar-refractivity contribution in [2.75, 3.05) is 0 Å². The van der Waals surface area contributed by atoms with Crippen molar-refractivity contribution in [3.05, 3.63) is 46.9 Å². The van der Waals surface area contributed by atoms with Crippen LogP contribution < -0.4 is 0 Å². The average Bonchev–Trinajstić information content (AvgIpc) is 2.36. The van der Waals surface area contributed by atoms with E-state index in [1.54, 1.807) is 12.1 Å². The quantitative estimate of drug-likeness (QED) is 0.744. The van der Waals surface area contributed by atoms with Crippen molar-refractivity contribution in [2.45, 2.75) is 26.4 Å². The molecule has 0 unspecified atom stereocenters. The van der Waals surface area contributed by atoms with Crippen LogP contribution in [0.4, 0.5) is 13.2 Å². The fraction of sp³-hybridized carbons (Fsp3) is 0.333. The third kappa shape index (κ3) is 4.17. The highest BCUT2D eigenvalue weighted by Crippen LogP contribution is 2.31. The van der Waals surface area contributed by atoms with Gasteiger partial charge in [0.05, 0.1) is 5.69 Å². The molecule has 0 N–H and O–H groups in total. The summed E-state index contributed by atoms with van der Waals surface area (Å²) in [6, 6.07) is 8.20. The molecule has 6 heteroatoms. The first-order chi connectivity index (χ1) is 9.75. The standard InChI is InChI=1S/C15H14ClF3N2/c1-9(2)6-10-4-3-5-11(7-10)12-8-13(15(17,18)19)21-14(16)20-12/h3-5,7-9H,6H2,1-2H3. The summed E-state index contributed by atoms with van der Waals surface area (Å²) < 4.78 is 38.3. The fourth-order valence-electron chi connectivity index (χ4n) is 2.04. The molecule has 0 bridgehead atoms. The summed E-state index contributed by atoms with van der Waals surface area (Å²) in [5.41, 5.74) is 0.786. The van der Waals surface area contributed by atoms with Crippen molar-refractivity contribution in [2.24, 2.45) is 5.92 Å². The van der Waals surface area contributed by atoms with E-state index in [9.17, 15) is 13.2 Å². The summed E-state index contributed by atoms with van der Waals surface area (Å²) in [6.45, 7) is 4.16. The highest BCUT2D eigenvalue weighted by molar-refractivity contribution is 6.28. The van der Waals surface area contributed by atoms with Crippen molar-refractivity contribution in [1.82, 2.24) is 9.97 Å². The van der Waals surface area contributed by atoms with E-state index < -0.39 is 17.2 Å². The van der Waals surface area contributed by atoms with Gasteiger partial charge >= 0.3 is 6.18 Å². The highest BCUT2D eigenvalue weighted by Gasteiger charge is 2.33. The van der Waals surface area contributed by atoms with Crippen LogP contribution in [-0.4, -0.2) is 9.97 Å². The van der Waals surface area contributed by atoms with Gasteiger partial charge in [0.1, 0.15) is 5.69 Å². The zero-order chi connectivity index (χ0) is 15.6. The summed E-state index contributed by atoms with van der Waals surface area (Å²) in [5.74, 6) is 0.458. The van der Waals surface area contributed by atoms with E-state index >= 15 is 0 Å². The second kappa shape index (κ2) is 6.02. The Kier molecular flexibility index (Phi) is 4.52. The maximum absolute atomic E-state index is 12.8. The lowest BCUT2D eigenvalue weighted by atomic mass is 10.00. The first-order valence-corrected chi connectivity index (χ1v) is 6.84. The largest absolute Gasteiger partial charge is 0.433 e. The van der Waals surface area contributed by atoms with Crippen molar-refractivity contribution in [3.63, 3.8) is 0 Å². The number of alkyl halides is 3. The molecule has 2 rings (SSSR count). The summed E-state index contributed by atoms with van der Waals surface area (Å²) in [6.07, 6.45) is -3.70. The topological polar surface area (TPSA) is 25.8 Å². The highest BCUT2D eigenvalue weighted by atomic mass is 35.5. The Balaban J connectivity index is 2.44. The van der Waals surface area contributed by atoms with E-state index in [1.165, 1.54) is 0 Å². The Bertz CT molecular complexity index is 639. The zero-order valence-electron chi connectivity index (χ0n) is 11.6. The van der Waals surface area contributed by atoms with E-state index in [1.807, 2.05) is 12.1 Å². The van der Waals surface area contributed by atoms with Crippen LogP contribution in [0.1, 0.15) is 25.1 Å². The normalized spacial score (nSPS) is 12.0. The maximum Gasteiger partial charge on any atom is 0.433 e. The predicted octanol–water partition coefficient (Wildman–Crippen LogP) is 5.01. The maximum atomic E-state index is 12.8. The molecule has 0 aliphatic rings. The third-order valence-electron chi connectivity index (χ3n) is 2.86. The summed E-state index contributed by atoms with van der Waals surface area (Å²) in [5, 5.41) is -0.408. The van der Waals surface area contributed by atoms with Gasteiger partial charge in [-0.25, -0.2) is 9.97 Å². The molecule has 0 radical (unpaired) electrons. The number of aromatic nitrogens is 2. The van der Waals surface area contributed by atoms with Crippen LogP contribution >= 0.6 is 11.6 Å². The minimum absolute atomic E-state index is 0.174. The number of hydrogen-bond acceptors (Lipinski definition) is 2. The molecule has 1 heterocycles. The van der Waals surface area contributed by atoms with Gasteiger partial charge in [-0.3, -0.25) is 0 Å². The molecular formula is C15H14ClF3N2. The second-order valence-electron chi connectivity index (χ2n) is 5.20. The molecule has 0 aliphatic carbocycles. The molecule has 0 atom stereocenters. The molecule has 0 saturated heterocycles. The van der Waals surface area contributed by atoms with Crippen LogP contribution in [-0.2, 0) is 12.6 Å². The molecule has 0 fully saturated rings. The Morgan fingerprint density at radius 2 is 1.86 bits per heavy atom. The molecule has 0 amide bonds. The molecular weight excluding hydrogens is 301 g/mol. The smallest absolute Gasteiger partial charge is 0.218 e. The molecule has 2 nitrogen and oxygen atoms in total. The van der Waals surface area contributed by atoms with Gasteiger partial charge in [-0.2, -0.15) is 13.2 Å². The molecule has 0 spiro atoms. The van der Waals surface area contributed by atoms with Gasteiger partial charge in [0, 0.05) is 5.56 Å². The number of halogens is 4. The van der Waals surface area contributed by atoms with Crippen molar-refractivity contribution >= 4 is 11.6 Å². The lowest BCUT2D eigenvalue weighted by molar-refractivity contribution is -0.141. The van der Waals surface area contributed by atoms with Gasteiger partial charge in [0.25, 0.3) is 0 Å². The van der Waals surface area contributed by atoms with Crippen LogP contribution in [0.25, 0.3) is 11.3 Å². The van der Waals surface area contributed by atoms with Crippen molar-refractivity contribution in [3.8, 4) is 11.3 Å². The van der Waals surface area contributed by atoms with Crippen LogP contribution in [0.3, 0.4) is 0 Å². The van der Waals surface area contributed by atoms with Gasteiger partial charge in [-0.1, -0.05) is 32.0 Å². The zero-order valence-corrected chi connectivity index (χ0v) is 12.3. The lowest BCUT2D eigenvalue weighted by Crippen LogP contribution is -2.09. The van der Waals surface area contributed by atoms with E-state index in [2.05, 4.69) is 23.8 Å². The first kappa shape index (κ1) is 15.8. The van der Waals surface area contributed by atoms with Gasteiger partial charge in [0.2, 0.25) is 5.28 Å². The van der Waals surface area contributed by atoms with Crippen molar-refractivity contribution in [1.29, 1.82) is 0 Å². The molecule has 0 saturated carbocycles. The molecule has 112 valence electrons. The van der Waals surface area contributed by atoms with Crippen LogP contribution in [0, 0.1) is 5.92 Å². The number of hydrogen-bond donors (Lipinski definition) is 0. The molecule has 1 aromatic heterocycles. The summed E-state index contributed by atoms with van der Waals surface area (Å²) in [4.78, 5) is 7.12. The Morgan fingerprint density at radius 3 is 2.48 bits per heavy atom. The average molecular weight is 315 g/mol. The Morgan fingerprint density at radius 1 is 1.14 bits per heavy atom.